The van der Waals surface area contributed by atoms with E-state index in [-0.39, 0.29) is 5.78 Å². The molecule has 6 rings (SSSR count). The lowest BCUT2D eigenvalue weighted by Gasteiger charge is -2.26. The number of allylic oxidation sites excluding steroid dienone is 1. The molecule has 0 radical (unpaired) electrons. The first-order chi connectivity index (χ1) is 17.2. The maximum absolute atomic E-state index is 13.4. The first kappa shape index (κ1) is 21.2. The number of carbonyl (C=O) groups excluding carboxylic acids is 1. The molecule has 1 atom stereocenters. The normalized spacial score (nSPS) is 17.1. The van der Waals surface area contributed by atoms with E-state index in [1.165, 1.54) is 0 Å². The van der Waals surface area contributed by atoms with E-state index in [4.69, 9.17) is 9.84 Å². The van der Waals surface area contributed by atoms with E-state index in [0.29, 0.717) is 18.1 Å². The van der Waals surface area contributed by atoms with Crippen LogP contribution in [0.2, 0.25) is 0 Å². The molecular weight excluding hydrogens is 436 g/mol. The summed E-state index contributed by atoms with van der Waals surface area (Å²) < 4.78 is 8.35. The van der Waals surface area contributed by atoms with Gasteiger partial charge in [0.05, 0.1) is 34.4 Å². The Morgan fingerprint density at radius 3 is 2.34 bits per heavy atom. The summed E-state index contributed by atoms with van der Waals surface area (Å²) in [7, 11) is 0. The van der Waals surface area contributed by atoms with Crippen LogP contribution in [-0.4, -0.2) is 15.6 Å². The largest absolute Gasteiger partial charge is 0.439 e. The highest BCUT2D eigenvalue weighted by Gasteiger charge is 2.36. The average Bonchev–Trinajstić information content (AvgIpc) is 3.10. The number of para-hydroxylation sites is 4. The number of Topliss-reactive ketones (excluding diaryl/α,β-unsaturated/α-hetero) is 1. The number of hydrogen-bond donors (Lipinski definition) is 2. The van der Waals surface area contributed by atoms with E-state index in [1.807, 2.05) is 96.5 Å². The van der Waals surface area contributed by atoms with E-state index in [9.17, 15) is 4.79 Å². The zero-order valence-electron chi connectivity index (χ0n) is 19.5. The van der Waals surface area contributed by atoms with E-state index >= 15 is 0 Å². The molecule has 1 aliphatic carbocycles. The van der Waals surface area contributed by atoms with E-state index in [2.05, 4.69) is 10.6 Å². The highest BCUT2D eigenvalue weighted by atomic mass is 16.5. The lowest BCUT2D eigenvalue weighted by molar-refractivity contribution is -0.116. The van der Waals surface area contributed by atoms with Gasteiger partial charge in [0, 0.05) is 17.7 Å². The summed E-state index contributed by atoms with van der Waals surface area (Å²) in [6.07, 6.45) is 2.21. The van der Waals surface area contributed by atoms with Crippen molar-refractivity contribution in [1.29, 1.82) is 0 Å². The number of ether oxygens (including phenoxy) is 1. The molecule has 0 spiro atoms. The molecule has 1 aliphatic heterocycles. The summed E-state index contributed by atoms with van der Waals surface area (Å²) in [6.45, 7) is 1.98. The molecular formula is C29H26N4O2. The van der Waals surface area contributed by atoms with Crippen LogP contribution in [0.15, 0.2) is 96.2 Å². The minimum absolute atomic E-state index is 0.154. The van der Waals surface area contributed by atoms with Gasteiger partial charge in [-0.05, 0) is 56.2 Å². The van der Waals surface area contributed by atoms with Crippen molar-refractivity contribution in [3.05, 3.63) is 107 Å². The molecule has 1 aromatic heterocycles. The fourth-order valence-corrected chi connectivity index (χ4v) is 4.95. The molecule has 6 nitrogen and oxygen atoms in total. The monoisotopic (exact) mass is 462 g/mol. The van der Waals surface area contributed by atoms with Gasteiger partial charge < -0.3 is 15.4 Å². The number of ketones is 1. The molecule has 2 heterocycles. The van der Waals surface area contributed by atoms with Crippen molar-refractivity contribution < 1.29 is 9.53 Å². The first-order valence-corrected chi connectivity index (χ1v) is 12.0. The van der Waals surface area contributed by atoms with Crippen molar-refractivity contribution in [1.82, 2.24) is 9.78 Å². The Labute approximate surface area is 204 Å². The Morgan fingerprint density at radius 2 is 1.57 bits per heavy atom. The third-order valence-corrected chi connectivity index (χ3v) is 6.57. The van der Waals surface area contributed by atoms with Crippen LogP contribution < -0.4 is 15.4 Å². The van der Waals surface area contributed by atoms with Gasteiger partial charge >= 0.3 is 0 Å². The predicted molar refractivity (Wildman–Crippen MR) is 137 cm³/mol. The van der Waals surface area contributed by atoms with Gasteiger partial charge in [0.2, 0.25) is 5.88 Å². The fourth-order valence-electron chi connectivity index (χ4n) is 4.95. The van der Waals surface area contributed by atoms with Crippen molar-refractivity contribution in [2.24, 2.45) is 0 Å². The zero-order chi connectivity index (χ0) is 23.8. The summed E-state index contributed by atoms with van der Waals surface area (Å²) in [5.74, 6) is 1.46. The van der Waals surface area contributed by atoms with Crippen LogP contribution in [0.5, 0.6) is 11.6 Å². The predicted octanol–water partition coefficient (Wildman–Crippen LogP) is 6.56. The molecule has 35 heavy (non-hydrogen) atoms. The van der Waals surface area contributed by atoms with Gasteiger partial charge in [-0.2, -0.15) is 5.10 Å². The summed E-state index contributed by atoms with van der Waals surface area (Å²) in [5.41, 5.74) is 6.21. The number of carbonyl (C=O) groups is 1. The van der Waals surface area contributed by atoms with Crippen LogP contribution >= 0.6 is 0 Å². The summed E-state index contributed by atoms with van der Waals surface area (Å²) >= 11 is 0. The summed E-state index contributed by atoms with van der Waals surface area (Å²) in [5, 5.41) is 12.1. The highest BCUT2D eigenvalue weighted by Crippen LogP contribution is 2.45. The minimum Gasteiger partial charge on any atom is -0.439 e. The maximum Gasteiger partial charge on any atom is 0.228 e. The Bertz CT molecular complexity index is 1420. The fraction of sp³-hybridized carbons (Fsp3) is 0.172. The molecule has 3 aromatic carbocycles. The number of nitrogens with one attached hydrogen (secondary N) is 2. The third-order valence-electron chi connectivity index (χ3n) is 6.57. The molecule has 2 N–H and O–H groups in total. The topological polar surface area (TPSA) is 68.2 Å². The second-order valence-corrected chi connectivity index (χ2v) is 8.88. The van der Waals surface area contributed by atoms with Crippen molar-refractivity contribution in [2.75, 3.05) is 10.6 Å². The molecule has 1 unspecified atom stereocenters. The molecule has 4 aromatic rings. The summed E-state index contributed by atoms with van der Waals surface area (Å²) in [6, 6.07) is 27.3. The lowest BCUT2D eigenvalue weighted by Crippen LogP contribution is -2.24. The van der Waals surface area contributed by atoms with Gasteiger partial charge in [-0.25, -0.2) is 4.68 Å². The van der Waals surface area contributed by atoms with Gasteiger partial charge in [0.1, 0.15) is 5.75 Å². The van der Waals surface area contributed by atoms with Crippen LogP contribution in [0, 0.1) is 6.92 Å². The third kappa shape index (κ3) is 3.87. The standard InChI is InChI=1S/C29H26N4O2/c1-19-26(28-27-24(17-10-18-25(27)34)30-22-15-8-9-16-23(22)31-28)29(35-21-13-6-3-7-14-21)33(32-19)20-11-4-2-5-12-20/h2-9,11-16,28,30-31H,10,17-18H2,1H3. The Kier molecular flexibility index (Phi) is 5.34. The molecule has 0 amide bonds. The zero-order valence-corrected chi connectivity index (χ0v) is 19.5. The lowest BCUT2D eigenvalue weighted by atomic mass is 9.86. The second-order valence-electron chi connectivity index (χ2n) is 8.88. The number of rotatable bonds is 4. The number of benzene rings is 3. The second kappa shape index (κ2) is 8.80. The molecule has 6 heteroatoms. The van der Waals surface area contributed by atoms with Gasteiger partial charge in [-0.3, -0.25) is 4.79 Å². The van der Waals surface area contributed by atoms with Gasteiger partial charge in [0.15, 0.2) is 5.78 Å². The molecule has 0 saturated heterocycles. The number of aromatic nitrogens is 2. The molecule has 0 bridgehead atoms. The van der Waals surface area contributed by atoms with Crippen LogP contribution in [0.3, 0.4) is 0 Å². The molecule has 174 valence electrons. The first-order valence-electron chi connectivity index (χ1n) is 12.0. The Hall–Kier alpha value is -4.32. The number of hydrogen-bond acceptors (Lipinski definition) is 5. The summed E-state index contributed by atoms with van der Waals surface area (Å²) in [4.78, 5) is 13.4. The van der Waals surface area contributed by atoms with Crippen molar-refractivity contribution in [3.63, 3.8) is 0 Å². The highest BCUT2D eigenvalue weighted by molar-refractivity contribution is 6.00. The van der Waals surface area contributed by atoms with Crippen LogP contribution in [0.25, 0.3) is 5.69 Å². The Balaban J connectivity index is 1.58. The van der Waals surface area contributed by atoms with Crippen molar-refractivity contribution in [2.45, 2.75) is 32.2 Å². The molecule has 2 aliphatic rings. The minimum atomic E-state index is -0.398. The van der Waals surface area contributed by atoms with Crippen molar-refractivity contribution in [3.8, 4) is 17.3 Å². The van der Waals surface area contributed by atoms with Crippen LogP contribution in [0.4, 0.5) is 11.4 Å². The van der Waals surface area contributed by atoms with Gasteiger partial charge in [-0.1, -0.05) is 48.5 Å². The van der Waals surface area contributed by atoms with Crippen molar-refractivity contribution >= 4 is 17.2 Å². The van der Waals surface area contributed by atoms with Gasteiger partial charge in [0.25, 0.3) is 0 Å². The number of nitrogens with zero attached hydrogens (tertiary/aromatic N) is 2. The van der Waals surface area contributed by atoms with Crippen LogP contribution in [0.1, 0.15) is 36.6 Å². The van der Waals surface area contributed by atoms with Crippen LogP contribution in [-0.2, 0) is 4.79 Å². The quantitative estimate of drug-likeness (QED) is 0.360. The number of aryl methyl sites for hydroxylation is 1. The molecule has 0 fully saturated rings. The maximum atomic E-state index is 13.4. The van der Waals surface area contributed by atoms with E-state index in [1.54, 1.807) is 0 Å². The average molecular weight is 463 g/mol. The number of anilines is 2. The Morgan fingerprint density at radius 1 is 0.886 bits per heavy atom. The SMILES string of the molecule is Cc1nn(-c2ccccc2)c(Oc2ccccc2)c1C1Nc2ccccc2NC2=C1C(=O)CCC2. The van der Waals surface area contributed by atoms with E-state index in [0.717, 1.165) is 52.4 Å². The molecule has 0 saturated carbocycles. The number of fused-ring (bicyclic) bond motifs is 1. The van der Waals surface area contributed by atoms with Gasteiger partial charge in [-0.15, -0.1) is 0 Å². The van der Waals surface area contributed by atoms with E-state index < -0.39 is 6.04 Å². The smallest absolute Gasteiger partial charge is 0.228 e.